The number of allylic oxidation sites excluding steroid dienone is 1. The Morgan fingerprint density at radius 3 is 2.74 bits per heavy atom. The molecule has 2 aromatic heterocycles. The van der Waals surface area contributed by atoms with E-state index in [1.165, 1.54) is 0 Å². The van der Waals surface area contributed by atoms with Gasteiger partial charge in [0.25, 0.3) is 0 Å². The minimum Gasteiger partial charge on any atom is -0.478 e. The van der Waals surface area contributed by atoms with Crippen LogP contribution in [0.3, 0.4) is 0 Å². The number of benzene rings is 2. The van der Waals surface area contributed by atoms with E-state index in [0.29, 0.717) is 39.7 Å². The van der Waals surface area contributed by atoms with E-state index < -0.39 is 5.97 Å². The summed E-state index contributed by atoms with van der Waals surface area (Å²) in [6.45, 7) is 1.99. The van der Waals surface area contributed by atoms with Crippen LogP contribution in [0.25, 0.3) is 21.5 Å². The van der Waals surface area contributed by atoms with Crippen LogP contribution in [0, 0.1) is 11.8 Å². The van der Waals surface area contributed by atoms with Crippen molar-refractivity contribution in [2.24, 2.45) is 11.8 Å². The number of aromatic carboxylic acids is 1. The van der Waals surface area contributed by atoms with Crippen molar-refractivity contribution in [2.75, 3.05) is 18.0 Å². The molecule has 2 aliphatic carbocycles. The second kappa shape index (κ2) is 9.93. The highest BCUT2D eigenvalue weighted by molar-refractivity contribution is 7.22. The van der Waals surface area contributed by atoms with Crippen molar-refractivity contribution in [1.29, 1.82) is 0 Å². The number of anilines is 1. The number of hydrogen-bond donors (Lipinski definition) is 1. The van der Waals surface area contributed by atoms with Crippen LogP contribution >= 0.6 is 34.5 Å². The Hall–Kier alpha value is -2.91. The van der Waals surface area contributed by atoms with Crippen LogP contribution in [-0.2, 0) is 11.3 Å². The van der Waals surface area contributed by atoms with Crippen LogP contribution < -0.4 is 4.90 Å². The largest absolute Gasteiger partial charge is 0.478 e. The van der Waals surface area contributed by atoms with Gasteiger partial charge in [-0.15, -0.1) is 0 Å². The Balaban J connectivity index is 1.13. The van der Waals surface area contributed by atoms with Gasteiger partial charge < -0.3 is 19.3 Å². The molecule has 1 N–H and O–H groups in total. The molecule has 0 amide bonds. The highest BCUT2D eigenvalue weighted by Crippen LogP contribution is 2.47. The molecule has 1 aliphatic heterocycles. The van der Waals surface area contributed by atoms with Crippen LogP contribution in [-0.4, -0.2) is 40.4 Å². The molecule has 1 saturated carbocycles. The number of nitrogens with zero attached hydrogens (tertiary/aromatic N) is 3. The molecule has 3 aliphatic rings. The van der Waals surface area contributed by atoms with E-state index in [-0.39, 0.29) is 17.6 Å². The van der Waals surface area contributed by atoms with Crippen molar-refractivity contribution in [3.8, 4) is 11.3 Å². The van der Waals surface area contributed by atoms with Crippen LogP contribution in [0.15, 0.2) is 53.1 Å². The molecule has 0 unspecified atom stereocenters. The van der Waals surface area contributed by atoms with Crippen molar-refractivity contribution in [2.45, 2.75) is 37.9 Å². The molecule has 39 heavy (non-hydrogen) atoms. The number of rotatable bonds is 7. The Morgan fingerprint density at radius 2 is 2.00 bits per heavy atom. The van der Waals surface area contributed by atoms with E-state index in [4.69, 9.17) is 37.4 Å². The molecule has 2 bridgehead atoms. The van der Waals surface area contributed by atoms with Crippen molar-refractivity contribution in [3.05, 3.63) is 75.5 Å². The second-order valence-corrected chi connectivity index (χ2v) is 12.3. The fraction of sp³-hybridized carbons (Fsp3) is 0.345. The fourth-order valence-corrected chi connectivity index (χ4v) is 7.40. The maximum absolute atomic E-state index is 11.4. The predicted octanol–water partition coefficient (Wildman–Crippen LogP) is 7.43. The number of hydrogen-bond acceptors (Lipinski definition) is 7. The minimum absolute atomic E-state index is 0.0516. The lowest BCUT2D eigenvalue weighted by Gasteiger charge is -2.44. The van der Waals surface area contributed by atoms with Gasteiger partial charge in [0.1, 0.15) is 11.5 Å². The van der Waals surface area contributed by atoms with E-state index in [1.807, 2.05) is 18.2 Å². The molecule has 2 aromatic carbocycles. The number of thiazole rings is 1. The zero-order chi connectivity index (χ0) is 26.7. The average molecular weight is 583 g/mol. The number of halogens is 2. The lowest BCUT2D eigenvalue weighted by molar-refractivity contribution is -0.0359. The van der Waals surface area contributed by atoms with Crippen molar-refractivity contribution in [1.82, 2.24) is 10.1 Å². The fourth-order valence-electron chi connectivity index (χ4n) is 5.80. The van der Waals surface area contributed by atoms with Gasteiger partial charge in [-0.05, 0) is 49.6 Å². The first-order chi connectivity index (χ1) is 19.0. The van der Waals surface area contributed by atoms with Crippen LogP contribution in [0.1, 0.15) is 46.9 Å². The normalized spacial score (nSPS) is 22.5. The van der Waals surface area contributed by atoms with Gasteiger partial charge in [0.05, 0.1) is 38.5 Å². The molecule has 200 valence electrons. The zero-order valence-electron chi connectivity index (χ0n) is 20.8. The van der Waals surface area contributed by atoms with Crippen molar-refractivity contribution < 1.29 is 19.2 Å². The van der Waals surface area contributed by atoms with E-state index >= 15 is 0 Å². The number of piperidine rings is 1. The Bertz CT molecular complexity index is 1590. The molecule has 4 aromatic rings. The minimum atomic E-state index is -0.929. The summed E-state index contributed by atoms with van der Waals surface area (Å²) in [7, 11) is 0. The number of carbonyl (C=O) groups is 1. The van der Waals surface area contributed by atoms with Crippen molar-refractivity contribution >= 4 is 55.9 Å². The maximum atomic E-state index is 11.4. The highest BCUT2D eigenvalue weighted by atomic mass is 35.5. The number of aromatic nitrogens is 2. The third kappa shape index (κ3) is 4.63. The van der Waals surface area contributed by atoms with E-state index in [0.717, 1.165) is 59.0 Å². The van der Waals surface area contributed by atoms with E-state index in [9.17, 15) is 9.90 Å². The molecule has 3 heterocycles. The lowest BCUT2D eigenvalue weighted by atomic mass is 9.79. The first kappa shape index (κ1) is 25.1. The summed E-state index contributed by atoms with van der Waals surface area (Å²) < 4.78 is 13.4. The highest BCUT2D eigenvalue weighted by Gasteiger charge is 2.40. The van der Waals surface area contributed by atoms with Gasteiger partial charge in [-0.25, -0.2) is 9.78 Å². The van der Waals surface area contributed by atoms with Gasteiger partial charge in [0.2, 0.25) is 0 Å². The summed E-state index contributed by atoms with van der Waals surface area (Å²) in [4.78, 5) is 18.5. The molecule has 10 heteroatoms. The molecule has 7 rings (SSSR count). The maximum Gasteiger partial charge on any atom is 0.335 e. The van der Waals surface area contributed by atoms with Gasteiger partial charge >= 0.3 is 5.97 Å². The Kier molecular flexibility index (Phi) is 6.39. The summed E-state index contributed by atoms with van der Waals surface area (Å²) in [6.07, 6.45) is 7.66. The second-order valence-electron chi connectivity index (χ2n) is 10.5. The smallest absolute Gasteiger partial charge is 0.335 e. The number of ether oxygens (including phenoxy) is 1. The van der Waals surface area contributed by atoms with Gasteiger partial charge in [-0.2, -0.15) is 0 Å². The summed E-state index contributed by atoms with van der Waals surface area (Å²) in [5.41, 5.74) is 3.40. The summed E-state index contributed by atoms with van der Waals surface area (Å²) in [5.74, 6) is 0.826. The molecule has 0 radical (unpaired) electrons. The number of fused-ring (bicyclic) bond motifs is 3. The van der Waals surface area contributed by atoms with E-state index in [2.05, 4.69) is 22.2 Å². The topological polar surface area (TPSA) is 88.7 Å². The monoisotopic (exact) mass is 581 g/mol. The third-order valence-electron chi connectivity index (χ3n) is 7.88. The Labute approximate surface area is 239 Å². The van der Waals surface area contributed by atoms with Gasteiger partial charge in [-0.3, -0.25) is 0 Å². The standard InChI is InChI=1S/C29H25Cl2N3O4S/c30-20-5-2-6-21(31)24(20)25-19(27(38-33-25)15-7-8-15)14-37-26-17-3-1-4-18(26)13-34(12-17)29-32-22-10-9-16(28(35)36)11-23(22)39-29/h1-3,5-6,9-11,15,17-18,26H,4,7-8,12-14H2,(H,35,36)/t17-,18+,26-/m1/s1. The van der Waals surface area contributed by atoms with Gasteiger partial charge in [0, 0.05) is 42.0 Å². The van der Waals surface area contributed by atoms with Crippen LogP contribution in [0.2, 0.25) is 10.0 Å². The quantitative estimate of drug-likeness (QED) is 0.227. The van der Waals surface area contributed by atoms with E-state index in [1.54, 1.807) is 29.5 Å². The SMILES string of the molecule is O=C(O)c1ccc2nc(N3C[C@@H]4CC=C[C@H](C3)[C@H]4OCc3c(-c4c(Cl)cccc4Cl)noc3C3CC3)sc2c1. The molecule has 7 nitrogen and oxygen atoms in total. The lowest BCUT2D eigenvalue weighted by Crippen LogP contribution is -2.51. The third-order valence-corrected chi connectivity index (χ3v) is 9.58. The molecular formula is C29H25Cl2N3O4S. The summed E-state index contributed by atoms with van der Waals surface area (Å²) in [6, 6.07) is 10.5. The molecule has 1 saturated heterocycles. The first-order valence-electron chi connectivity index (χ1n) is 13.1. The summed E-state index contributed by atoms with van der Waals surface area (Å²) >= 11 is 14.6. The zero-order valence-corrected chi connectivity index (χ0v) is 23.2. The Morgan fingerprint density at radius 1 is 1.18 bits per heavy atom. The molecule has 2 fully saturated rings. The van der Waals surface area contributed by atoms with Gasteiger partial charge in [0.15, 0.2) is 5.13 Å². The van der Waals surface area contributed by atoms with Gasteiger partial charge in [-0.1, -0.05) is 57.9 Å². The molecule has 0 spiro atoms. The predicted molar refractivity (Wildman–Crippen MR) is 152 cm³/mol. The van der Waals surface area contributed by atoms with Crippen LogP contribution in [0.4, 0.5) is 5.13 Å². The average Bonchev–Trinajstić information content (AvgIpc) is 3.53. The van der Waals surface area contributed by atoms with Crippen LogP contribution in [0.5, 0.6) is 0 Å². The number of carboxylic acid groups (broad SMARTS) is 1. The molecule has 3 atom stereocenters. The molecular weight excluding hydrogens is 557 g/mol. The first-order valence-corrected chi connectivity index (χ1v) is 14.6. The summed E-state index contributed by atoms with van der Waals surface area (Å²) in [5, 5.41) is 15.8. The van der Waals surface area contributed by atoms with Crippen molar-refractivity contribution in [3.63, 3.8) is 0 Å². The number of carboxylic acids is 1.